The number of hydrogen-bond acceptors (Lipinski definition) is 4. The van der Waals surface area contributed by atoms with Crippen molar-refractivity contribution in [3.05, 3.63) is 71.3 Å². The minimum atomic E-state index is -3.71. The lowest BCUT2D eigenvalue weighted by molar-refractivity contribution is -0.131. The molecule has 3 N–H and O–H groups in total. The van der Waals surface area contributed by atoms with Gasteiger partial charge in [0.15, 0.2) is 0 Å². The number of hydrogen-bond donors (Lipinski definition) is 3. The minimum Gasteiger partial charge on any atom is -0.289 e. The molecule has 2 aromatic carbocycles. The quantitative estimate of drug-likeness (QED) is 0.532. The van der Waals surface area contributed by atoms with Crippen LogP contribution in [0.15, 0.2) is 54.6 Å². The second-order valence-electron chi connectivity index (χ2n) is 6.60. The Morgan fingerprint density at radius 1 is 1.08 bits per heavy atom. The molecule has 2 aromatic rings. The van der Waals surface area contributed by atoms with E-state index >= 15 is 0 Å². The van der Waals surface area contributed by atoms with Crippen LogP contribution in [0.4, 0.5) is 0 Å². The molecule has 0 heterocycles. The van der Waals surface area contributed by atoms with Crippen LogP contribution >= 0.6 is 0 Å². The summed E-state index contributed by atoms with van der Waals surface area (Å²) in [6.45, 7) is 0. The van der Waals surface area contributed by atoms with E-state index in [-0.39, 0.29) is 11.7 Å². The van der Waals surface area contributed by atoms with E-state index in [2.05, 4.69) is 10.8 Å². The number of benzene rings is 2. The summed E-state index contributed by atoms with van der Waals surface area (Å²) in [5, 5.41) is 8.96. The van der Waals surface area contributed by atoms with Crippen molar-refractivity contribution in [3.63, 3.8) is 0 Å². The van der Waals surface area contributed by atoms with Crippen molar-refractivity contribution in [2.24, 2.45) is 5.92 Å². The van der Waals surface area contributed by atoms with E-state index in [4.69, 9.17) is 5.21 Å². The zero-order chi connectivity index (χ0) is 18.6. The van der Waals surface area contributed by atoms with E-state index in [0.29, 0.717) is 12.0 Å². The SMILES string of the molecule is O=C(NO)[C@H](NS(=O)(=O)C[C@@H]1CCc2ccccc2C1)c1ccccc1. The largest absolute Gasteiger partial charge is 0.289 e. The highest BCUT2D eigenvalue weighted by molar-refractivity contribution is 7.89. The summed E-state index contributed by atoms with van der Waals surface area (Å²) < 4.78 is 27.7. The molecule has 0 aliphatic heterocycles. The molecule has 0 saturated heterocycles. The molecule has 6 nitrogen and oxygen atoms in total. The Hall–Kier alpha value is -2.22. The van der Waals surface area contributed by atoms with Crippen LogP contribution in [-0.4, -0.2) is 25.3 Å². The summed E-state index contributed by atoms with van der Waals surface area (Å²) in [6, 6.07) is 15.4. The molecule has 1 aliphatic carbocycles. The molecule has 0 bridgehead atoms. The molecule has 0 aromatic heterocycles. The third-order valence-electron chi connectivity index (χ3n) is 4.71. The first-order valence-corrected chi connectivity index (χ1v) is 10.2. The number of hydroxylamine groups is 1. The predicted molar refractivity (Wildman–Crippen MR) is 98.0 cm³/mol. The van der Waals surface area contributed by atoms with E-state index in [9.17, 15) is 13.2 Å². The number of fused-ring (bicyclic) bond motifs is 1. The van der Waals surface area contributed by atoms with Gasteiger partial charge in [-0.3, -0.25) is 10.0 Å². The zero-order valence-corrected chi connectivity index (χ0v) is 15.1. The first kappa shape index (κ1) is 18.6. The lowest BCUT2D eigenvalue weighted by Crippen LogP contribution is -2.41. The lowest BCUT2D eigenvalue weighted by Gasteiger charge is -2.25. The fourth-order valence-corrected chi connectivity index (χ4v) is 5.04. The van der Waals surface area contributed by atoms with Crippen molar-refractivity contribution in [1.29, 1.82) is 0 Å². The molecule has 1 aliphatic rings. The van der Waals surface area contributed by atoms with Crippen LogP contribution in [-0.2, 0) is 27.7 Å². The minimum absolute atomic E-state index is 0.00369. The molecule has 138 valence electrons. The molecule has 26 heavy (non-hydrogen) atoms. The van der Waals surface area contributed by atoms with Gasteiger partial charge in [0.25, 0.3) is 5.91 Å². The Kier molecular flexibility index (Phi) is 5.70. The van der Waals surface area contributed by atoms with Crippen LogP contribution in [0, 0.1) is 5.92 Å². The van der Waals surface area contributed by atoms with Crippen molar-refractivity contribution in [3.8, 4) is 0 Å². The van der Waals surface area contributed by atoms with Crippen molar-refractivity contribution < 1.29 is 18.4 Å². The Labute approximate surface area is 153 Å². The topological polar surface area (TPSA) is 95.5 Å². The molecule has 3 rings (SSSR count). The van der Waals surface area contributed by atoms with Gasteiger partial charge in [0, 0.05) is 0 Å². The first-order valence-electron chi connectivity index (χ1n) is 8.54. The smallest absolute Gasteiger partial charge is 0.266 e. The molecule has 0 radical (unpaired) electrons. The van der Waals surface area contributed by atoms with Crippen LogP contribution in [0.5, 0.6) is 0 Å². The van der Waals surface area contributed by atoms with Gasteiger partial charge in [-0.1, -0.05) is 54.6 Å². The molecule has 0 spiro atoms. The van der Waals surface area contributed by atoms with Crippen molar-refractivity contribution in [2.45, 2.75) is 25.3 Å². The van der Waals surface area contributed by atoms with Crippen LogP contribution in [0.1, 0.15) is 29.2 Å². The van der Waals surface area contributed by atoms with E-state index in [1.165, 1.54) is 16.6 Å². The molecule has 0 saturated carbocycles. The van der Waals surface area contributed by atoms with Crippen molar-refractivity contribution in [2.75, 3.05) is 5.75 Å². The fraction of sp³-hybridized carbons (Fsp3) is 0.316. The molecule has 7 heteroatoms. The van der Waals surface area contributed by atoms with Gasteiger partial charge in [0.05, 0.1) is 5.75 Å². The predicted octanol–water partition coefficient (Wildman–Crippen LogP) is 1.96. The summed E-state index contributed by atoms with van der Waals surface area (Å²) >= 11 is 0. The molecule has 0 unspecified atom stereocenters. The molecule has 1 amide bonds. The Morgan fingerprint density at radius 2 is 1.73 bits per heavy atom. The summed E-state index contributed by atoms with van der Waals surface area (Å²) in [7, 11) is -3.71. The van der Waals surface area contributed by atoms with E-state index < -0.39 is 22.0 Å². The van der Waals surface area contributed by atoms with E-state index in [0.717, 1.165) is 12.8 Å². The monoisotopic (exact) mass is 374 g/mol. The molecule has 2 atom stereocenters. The van der Waals surface area contributed by atoms with Crippen LogP contribution in [0.3, 0.4) is 0 Å². The van der Waals surface area contributed by atoms with Gasteiger partial charge in [-0.2, -0.15) is 4.72 Å². The highest BCUT2D eigenvalue weighted by Crippen LogP contribution is 2.26. The molecule has 0 fully saturated rings. The van der Waals surface area contributed by atoms with Crippen LogP contribution < -0.4 is 10.2 Å². The summed E-state index contributed by atoms with van der Waals surface area (Å²) in [6.07, 6.45) is 2.36. The maximum absolute atomic E-state index is 12.6. The third kappa shape index (κ3) is 4.49. The maximum Gasteiger partial charge on any atom is 0.266 e. The van der Waals surface area contributed by atoms with Crippen LogP contribution in [0.2, 0.25) is 0 Å². The van der Waals surface area contributed by atoms with E-state index in [1.807, 2.05) is 18.2 Å². The number of carbonyl (C=O) groups is 1. The average molecular weight is 374 g/mol. The van der Waals surface area contributed by atoms with Crippen molar-refractivity contribution >= 4 is 15.9 Å². The van der Waals surface area contributed by atoms with Crippen molar-refractivity contribution in [1.82, 2.24) is 10.2 Å². The number of nitrogens with one attached hydrogen (secondary N) is 2. The normalized spacial score (nSPS) is 18.0. The number of carbonyl (C=O) groups excluding carboxylic acids is 1. The van der Waals surface area contributed by atoms with Gasteiger partial charge in [0.2, 0.25) is 10.0 Å². The number of rotatable bonds is 6. The van der Waals surface area contributed by atoms with Gasteiger partial charge < -0.3 is 0 Å². The summed E-state index contributed by atoms with van der Waals surface area (Å²) in [5.41, 5.74) is 4.47. The Balaban J connectivity index is 1.72. The summed E-state index contributed by atoms with van der Waals surface area (Å²) in [4.78, 5) is 12.0. The standard InChI is InChI=1S/C19H22N2O4S/c22-19(20-23)18(16-7-2-1-3-8-16)21-26(24,25)13-14-10-11-15-6-4-5-9-17(15)12-14/h1-9,14,18,21,23H,10-13H2,(H,20,22)/t14-,18-/m1/s1. The van der Waals surface area contributed by atoms with Gasteiger partial charge in [-0.25, -0.2) is 13.9 Å². The zero-order valence-electron chi connectivity index (χ0n) is 14.3. The fourth-order valence-electron chi connectivity index (χ4n) is 3.44. The molecular weight excluding hydrogens is 352 g/mol. The Bertz CT molecular complexity index is 868. The Morgan fingerprint density at radius 3 is 2.42 bits per heavy atom. The summed E-state index contributed by atoms with van der Waals surface area (Å²) in [5.74, 6) is -0.867. The second kappa shape index (κ2) is 7.99. The lowest BCUT2D eigenvalue weighted by atomic mass is 9.85. The number of sulfonamides is 1. The van der Waals surface area contributed by atoms with Gasteiger partial charge in [0.1, 0.15) is 6.04 Å². The third-order valence-corrected chi connectivity index (χ3v) is 6.21. The number of aryl methyl sites for hydroxylation is 1. The van der Waals surface area contributed by atoms with Gasteiger partial charge in [-0.15, -0.1) is 0 Å². The number of amides is 1. The highest BCUT2D eigenvalue weighted by Gasteiger charge is 2.29. The maximum atomic E-state index is 12.6. The van der Waals surface area contributed by atoms with Crippen LogP contribution in [0.25, 0.3) is 0 Å². The van der Waals surface area contributed by atoms with Gasteiger partial charge >= 0.3 is 0 Å². The highest BCUT2D eigenvalue weighted by atomic mass is 32.2. The first-order chi connectivity index (χ1) is 12.5. The average Bonchev–Trinajstić information content (AvgIpc) is 2.66. The van der Waals surface area contributed by atoms with Gasteiger partial charge in [-0.05, 0) is 41.9 Å². The molecular formula is C19H22N2O4S. The second-order valence-corrected chi connectivity index (χ2v) is 8.40. The van der Waals surface area contributed by atoms with E-state index in [1.54, 1.807) is 30.3 Å².